The predicted molar refractivity (Wildman–Crippen MR) is 84.3 cm³/mol. The van der Waals surface area contributed by atoms with Crippen LogP contribution in [0.25, 0.3) is 0 Å². The largest absolute Gasteiger partial charge is 0.279 e. The highest BCUT2D eigenvalue weighted by Gasteiger charge is 2.15. The third-order valence-electron chi connectivity index (χ3n) is 3.08. The molecule has 2 rings (SSSR count). The summed E-state index contributed by atoms with van der Waals surface area (Å²) in [6.07, 6.45) is 1.87. The Morgan fingerprint density at radius 2 is 1.82 bits per heavy atom. The van der Waals surface area contributed by atoms with Crippen LogP contribution >= 0.6 is 0 Å². The summed E-state index contributed by atoms with van der Waals surface area (Å²) in [5.41, 5.74) is 1.06. The lowest BCUT2D eigenvalue weighted by Gasteiger charge is -2.08. The fraction of sp³-hybridized carbons (Fsp3) is 0.200. The number of nitrogens with zero attached hydrogens (tertiary/aromatic N) is 1. The van der Waals surface area contributed by atoms with Crippen molar-refractivity contribution < 1.29 is 13.3 Å². The molecule has 0 aliphatic rings. The van der Waals surface area contributed by atoms with Gasteiger partial charge in [-0.05, 0) is 30.2 Å². The van der Waals surface area contributed by atoms with Gasteiger partial charge in [0, 0.05) is 12.1 Å². The van der Waals surface area contributed by atoms with E-state index in [9.17, 15) is 18.5 Å². The van der Waals surface area contributed by atoms with Crippen molar-refractivity contribution in [3.8, 4) is 0 Å². The van der Waals surface area contributed by atoms with E-state index < -0.39 is 14.9 Å². The minimum Gasteiger partial charge on any atom is -0.279 e. The molecule has 0 amide bonds. The van der Waals surface area contributed by atoms with Crippen molar-refractivity contribution in [2.24, 2.45) is 0 Å². The maximum absolute atomic E-state index is 12.3. The van der Waals surface area contributed by atoms with Crippen molar-refractivity contribution in [1.82, 2.24) is 0 Å². The molecule has 7 heteroatoms. The molecular weight excluding hydrogens is 304 g/mol. The van der Waals surface area contributed by atoms with E-state index in [1.165, 1.54) is 36.4 Å². The summed E-state index contributed by atoms with van der Waals surface area (Å²) in [5, 5.41) is 10.7. The van der Waals surface area contributed by atoms with Crippen LogP contribution in [-0.4, -0.2) is 13.3 Å². The van der Waals surface area contributed by atoms with E-state index in [2.05, 4.69) is 11.6 Å². The zero-order chi connectivity index (χ0) is 16.2. The third kappa shape index (κ3) is 3.82. The van der Waals surface area contributed by atoms with Gasteiger partial charge in [-0.1, -0.05) is 31.5 Å². The first kappa shape index (κ1) is 16.0. The minimum atomic E-state index is -3.76. The molecule has 0 bridgehead atoms. The monoisotopic (exact) mass is 320 g/mol. The fourth-order valence-electron chi connectivity index (χ4n) is 2.02. The maximum atomic E-state index is 12.3. The van der Waals surface area contributed by atoms with Gasteiger partial charge in [-0.15, -0.1) is 0 Å². The number of nitro groups is 1. The van der Waals surface area contributed by atoms with E-state index in [-0.39, 0.29) is 16.3 Å². The fourth-order valence-corrected chi connectivity index (χ4v) is 3.07. The van der Waals surface area contributed by atoms with Gasteiger partial charge in [-0.25, -0.2) is 8.42 Å². The number of aryl methyl sites for hydroxylation is 1. The SMILES string of the molecule is CCCc1ccc(S(=O)(=O)Nc2cccc([N+](=O)[O-])c2)cc1. The second-order valence-electron chi connectivity index (χ2n) is 4.81. The van der Waals surface area contributed by atoms with Crippen molar-refractivity contribution in [1.29, 1.82) is 0 Å². The molecule has 0 aromatic heterocycles. The Kier molecular flexibility index (Phi) is 4.77. The summed E-state index contributed by atoms with van der Waals surface area (Å²) in [5.74, 6) is 0. The van der Waals surface area contributed by atoms with E-state index in [1.54, 1.807) is 12.1 Å². The Morgan fingerprint density at radius 1 is 1.14 bits per heavy atom. The molecule has 0 atom stereocenters. The Hall–Kier alpha value is -2.41. The molecule has 2 aromatic rings. The van der Waals surface area contributed by atoms with Gasteiger partial charge in [-0.2, -0.15) is 0 Å². The van der Waals surface area contributed by atoms with Crippen LogP contribution in [0.2, 0.25) is 0 Å². The number of hydrogen-bond donors (Lipinski definition) is 1. The number of hydrogen-bond acceptors (Lipinski definition) is 4. The number of nitro benzene ring substituents is 1. The molecule has 0 unspecified atom stereocenters. The number of benzene rings is 2. The van der Waals surface area contributed by atoms with Crippen LogP contribution in [0.5, 0.6) is 0 Å². The van der Waals surface area contributed by atoms with Crippen molar-refractivity contribution in [2.75, 3.05) is 4.72 Å². The lowest BCUT2D eigenvalue weighted by molar-refractivity contribution is -0.384. The summed E-state index contributed by atoms with van der Waals surface area (Å²) < 4.78 is 26.9. The molecule has 0 aliphatic heterocycles. The quantitative estimate of drug-likeness (QED) is 0.653. The Bertz CT molecular complexity index is 770. The standard InChI is InChI=1S/C15H16N2O4S/c1-2-4-12-7-9-15(10-8-12)22(20,21)16-13-5-3-6-14(11-13)17(18)19/h3,5-11,16H,2,4H2,1H3. The molecule has 0 saturated heterocycles. The van der Waals surface area contributed by atoms with Crippen molar-refractivity contribution in [3.05, 3.63) is 64.2 Å². The average Bonchev–Trinajstić information content (AvgIpc) is 2.48. The number of non-ortho nitro benzene ring substituents is 1. The number of nitrogens with one attached hydrogen (secondary N) is 1. The molecule has 1 N–H and O–H groups in total. The van der Waals surface area contributed by atoms with E-state index in [1.807, 2.05) is 0 Å². The summed E-state index contributed by atoms with van der Waals surface area (Å²) in [6, 6.07) is 12.0. The van der Waals surface area contributed by atoms with Gasteiger partial charge >= 0.3 is 0 Å². The summed E-state index contributed by atoms with van der Waals surface area (Å²) >= 11 is 0. The second-order valence-corrected chi connectivity index (χ2v) is 6.49. The highest BCUT2D eigenvalue weighted by Crippen LogP contribution is 2.21. The van der Waals surface area contributed by atoms with Crippen molar-refractivity contribution >= 4 is 21.4 Å². The molecule has 0 heterocycles. The van der Waals surface area contributed by atoms with E-state index >= 15 is 0 Å². The molecule has 6 nitrogen and oxygen atoms in total. The van der Waals surface area contributed by atoms with Gasteiger partial charge in [0.2, 0.25) is 0 Å². The predicted octanol–water partition coefficient (Wildman–Crippen LogP) is 3.35. The molecule has 2 aromatic carbocycles. The highest BCUT2D eigenvalue weighted by molar-refractivity contribution is 7.92. The van der Waals surface area contributed by atoms with E-state index in [0.717, 1.165) is 18.4 Å². The molecule has 0 aliphatic carbocycles. The number of anilines is 1. The van der Waals surface area contributed by atoms with Crippen LogP contribution in [-0.2, 0) is 16.4 Å². The van der Waals surface area contributed by atoms with Gasteiger partial charge in [0.05, 0.1) is 15.5 Å². The van der Waals surface area contributed by atoms with Crippen LogP contribution in [0.3, 0.4) is 0 Å². The summed E-state index contributed by atoms with van der Waals surface area (Å²) in [6.45, 7) is 2.05. The highest BCUT2D eigenvalue weighted by atomic mass is 32.2. The van der Waals surface area contributed by atoms with Gasteiger partial charge in [0.1, 0.15) is 0 Å². The van der Waals surface area contributed by atoms with Crippen LogP contribution in [0.15, 0.2) is 53.4 Å². The minimum absolute atomic E-state index is 0.124. The first-order valence-electron chi connectivity index (χ1n) is 6.78. The molecular formula is C15H16N2O4S. The van der Waals surface area contributed by atoms with Gasteiger partial charge in [0.15, 0.2) is 0 Å². The lowest BCUT2D eigenvalue weighted by Crippen LogP contribution is -2.13. The first-order valence-corrected chi connectivity index (χ1v) is 8.27. The van der Waals surface area contributed by atoms with Gasteiger partial charge in [0.25, 0.3) is 15.7 Å². The molecule has 0 fully saturated rings. The molecule has 0 saturated carbocycles. The van der Waals surface area contributed by atoms with Gasteiger partial charge < -0.3 is 0 Å². The van der Waals surface area contributed by atoms with E-state index in [0.29, 0.717) is 0 Å². The van der Waals surface area contributed by atoms with Crippen molar-refractivity contribution in [3.63, 3.8) is 0 Å². The summed E-state index contributed by atoms with van der Waals surface area (Å²) in [7, 11) is -3.76. The number of sulfonamides is 1. The normalized spacial score (nSPS) is 11.1. The second kappa shape index (κ2) is 6.57. The Morgan fingerprint density at radius 3 is 2.41 bits per heavy atom. The smallest absolute Gasteiger partial charge is 0.271 e. The van der Waals surface area contributed by atoms with Crippen LogP contribution in [0.4, 0.5) is 11.4 Å². The van der Waals surface area contributed by atoms with Gasteiger partial charge in [-0.3, -0.25) is 14.8 Å². The molecule has 0 spiro atoms. The Labute approximate surface area is 129 Å². The van der Waals surface area contributed by atoms with Crippen LogP contribution in [0, 0.1) is 10.1 Å². The zero-order valence-electron chi connectivity index (χ0n) is 12.0. The molecule has 22 heavy (non-hydrogen) atoms. The van der Waals surface area contributed by atoms with E-state index in [4.69, 9.17) is 0 Å². The molecule has 0 radical (unpaired) electrons. The van der Waals surface area contributed by atoms with Crippen LogP contribution in [0.1, 0.15) is 18.9 Å². The average molecular weight is 320 g/mol. The first-order chi connectivity index (χ1) is 10.4. The Balaban J connectivity index is 2.23. The summed E-state index contributed by atoms with van der Waals surface area (Å²) in [4.78, 5) is 10.3. The topological polar surface area (TPSA) is 89.3 Å². The molecule has 116 valence electrons. The van der Waals surface area contributed by atoms with Crippen molar-refractivity contribution in [2.45, 2.75) is 24.7 Å². The third-order valence-corrected chi connectivity index (χ3v) is 4.48. The maximum Gasteiger partial charge on any atom is 0.271 e. The number of rotatable bonds is 6. The van der Waals surface area contributed by atoms with Crippen LogP contribution < -0.4 is 4.72 Å². The lowest BCUT2D eigenvalue weighted by atomic mass is 10.1. The zero-order valence-corrected chi connectivity index (χ0v) is 12.8.